The molecule has 1 aliphatic carbocycles. The zero-order valence-corrected chi connectivity index (χ0v) is 22.2. The van der Waals surface area contributed by atoms with E-state index in [0.29, 0.717) is 6.61 Å². The van der Waals surface area contributed by atoms with Crippen molar-refractivity contribution in [2.24, 2.45) is 0 Å². The first-order valence-electron chi connectivity index (χ1n) is 9.40. The number of rotatable bonds is 3. The molecule has 0 aliphatic heterocycles. The van der Waals surface area contributed by atoms with Gasteiger partial charge < -0.3 is 29.9 Å². The molecule has 1 N–H and O–H groups in total. The van der Waals surface area contributed by atoms with Crippen molar-refractivity contribution in [3.8, 4) is 0 Å². The molecule has 1 aliphatic rings. The number of hydrogen-bond donors (Lipinski definition) is 1. The van der Waals surface area contributed by atoms with Crippen LogP contribution >= 0.6 is 0 Å². The minimum absolute atomic E-state index is 0. The van der Waals surface area contributed by atoms with Crippen LogP contribution in [0.25, 0.3) is 21.5 Å². The molecule has 154 valence electrons. The third-order valence-corrected chi connectivity index (χ3v) is 7.96. The third kappa shape index (κ3) is 8.15. The van der Waals surface area contributed by atoms with Crippen molar-refractivity contribution in [3.63, 3.8) is 0 Å². The van der Waals surface area contributed by atoms with Crippen molar-refractivity contribution in [1.29, 1.82) is 0 Å². The molecular weight excluding hydrogens is 494 g/mol. The van der Waals surface area contributed by atoms with Crippen LogP contribution < -0.4 is 24.8 Å². The van der Waals surface area contributed by atoms with Gasteiger partial charge in [-0.05, 0) is 6.04 Å². The number of fused-ring (bicyclic) bond motifs is 3. The average Bonchev–Trinajstić information content (AvgIpc) is 3.31. The Morgan fingerprint density at radius 2 is 1.52 bits per heavy atom. The van der Waals surface area contributed by atoms with Crippen molar-refractivity contribution in [2.75, 3.05) is 6.61 Å². The molecule has 0 radical (unpaired) electrons. The van der Waals surface area contributed by atoms with Crippen LogP contribution in [0.2, 0.25) is 19.1 Å². The molecule has 0 aromatic heterocycles. The second-order valence-electron chi connectivity index (χ2n) is 7.16. The Morgan fingerprint density at radius 3 is 1.93 bits per heavy atom. The monoisotopic (exact) mass is 520 g/mol. The predicted molar refractivity (Wildman–Crippen MR) is 119 cm³/mol. The maximum atomic E-state index is 8.83. The number of halogens is 2. The molecule has 0 spiro atoms. The molecule has 0 fully saturated rings. The number of hydrogen-bond acceptors (Lipinski definition) is 1. The van der Waals surface area contributed by atoms with Gasteiger partial charge in [-0.2, -0.15) is 6.08 Å². The van der Waals surface area contributed by atoms with Gasteiger partial charge >= 0.3 is 34.9 Å². The molecule has 3 aromatic rings. The first-order chi connectivity index (χ1) is 13.0. The van der Waals surface area contributed by atoms with E-state index in [0.717, 1.165) is 12.5 Å². The van der Waals surface area contributed by atoms with E-state index in [9.17, 15) is 0 Å². The van der Waals surface area contributed by atoms with Gasteiger partial charge in [0.05, 0.1) is 0 Å². The molecular formula is C24H28Cl2OSiZr-2. The van der Waals surface area contributed by atoms with Gasteiger partial charge in [0.2, 0.25) is 0 Å². The van der Waals surface area contributed by atoms with Crippen LogP contribution in [0.3, 0.4) is 0 Å². The molecule has 0 saturated carbocycles. The Hall–Kier alpha value is -0.700. The third-order valence-electron chi connectivity index (χ3n) is 4.68. The fraction of sp³-hybridized carbons (Fsp3) is 0.250. The van der Waals surface area contributed by atoms with Gasteiger partial charge in [0.15, 0.2) is 0 Å². The fourth-order valence-electron chi connectivity index (χ4n) is 3.19. The van der Waals surface area contributed by atoms with Gasteiger partial charge in [0.1, 0.15) is 0 Å². The van der Waals surface area contributed by atoms with Crippen LogP contribution in [-0.4, -0.2) is 23.5 Å². The summed E-state index contributed by atoms with van der Waals surface area (Å²) in [6.45, 7) is 6.92. The number of aliphatic hydroxyl groups excluding tert-OH is 1. The summed E-state index contributed by atoms with van der Waals surface area (Å²) in [7, 11) is -1.30. The van der Waals surface area contributed by atoms with Crippen molar-refractivity contribution >= 4 is 33.3 Å². The average molecular weight is 523 g/mol. The second-order valence-corrected chi connectivity index (χ2v) is 13.4. The van der Waals surface area contributed by atoms with Crippen LogP contribution in [0.5, 0.6) is 0 Å². The molecule has 0 unspecified atom stereocenters. The van der Waals surface area contributed by atoms with E-state index < -0.39 is 8.07 Å². The van der Waals surface area contributed by atoms with E-state index >= 15 is 0 Å². The molecule has 1 nitrogen and oxygen atoms in total. The predicted octanol–water partition coefficient (Wildman–Crippen LogP) is -0.00901. The molecule has 0 heterocycles. The van der Waals surface area contributed by atoms with E-state index in [4.69, 9.17) is 5.11 Å². The fourth-order valence-corrected chi connectivity index (χ4v) is 5.17. The summed E-state index contributed by atoms with van der Waals surface area (Å²) in [5, 5.41) is 15.6. The second kappa shape index (κ2) is 14.3. The van der Waals surface area contributed by atoms with Crippen molar-refractivity contribution in [2.45, 2.75) is 32.5 Å². The van der Waals surface area contributed by atoms with E-state index in [2.05, 4.69) is 89.6 Å². The zero-order valence-electron chi connectivity index (χ0n) is 17.3. The molecule has 0 amide bonds. The summed E-state index contributed by atoms with van der Waals surface area (Å²) in [4.78, 5) is 0. The minimum Gasteiger partial charge on any atom is -1.00 e. The van der Waals surface area contributed by atoms with Gasteiger partial charge in [-0.3, -0.25) is 6.08 Å². The van der Waals surface area contributed by atoms with Gasteiger partial charge in [-0.15, -0.1) is 46.2 Å². The largest absolute Gasteiger partial charge is 1.00 e. The zero-order chi connectivity index (χ0) is 19.7. The van der Waals surface area contributed by atoms with Crippen LogP contribution in [-0.2, 0) is 24.2 Å². The van der Waals surface area contributed by atoms with Crippen molar-refractivity contribution < 1.29 is 54.2 Å². The molecule has 0 saturated heterocycles. The number of aliphatic hydroxyl groups is 1. The van der Waals surface area contributed by atoms with Gasteiger partial charge in [-0.25, -0.2) is 11.3 Å². The number of allylic oxidation sites excluding steroid dienone is 4. The summed E-state index contributed by atoms with van der Waals surface area (Å²) < 4.78 is 2.09. The van der Waals surface area contributed by atoms with Gasteiger partial charge in [-0.1, -0.05) is 49.5 Å². The van der Waals surface area contributed by atoms with Crippen LogP contribution in [0, 0.1) is 6.08 Å². The SMILES string of the molecule is C[CH]=[Zr+2].C[Si](C)(CCO)C1=[C-]CC=C1.[Cl-].[Cl-].c1ccc2c(c1)[cH-]c1ccccc12. The van der Waals surface area contributed by atoms with E-state index in [1.807, 2.05) is 6.92 Å². The summed E-state index contributed by atoms with van der Waals surface area (Å²) >= 11 is 1.51. The molecule has 29 heavy (non-hydrogen) atoms. The summed E-state index contributed by atoms with van der Waals surface area (Å²) in [5.74, 6) is 0. The quantitative estimate of drug-likeness (QED) is 0.379. The van der Waals surface area contributed by atoms with Crippen LogP contribution in [0.4, 0.5) is 0 Å². The molecule has 3 aromatic carbocycles. The standard InChI is InChI=1S/C13H9.C9H15OSi.C2H4.2ClH.Zr/c1-3-7-12-10(5-1)9-11-6-2-4-8-13(11)12;1-11(2,8-7-10)9-5-3-4-6-9;1-2;;;/h1-9H;3,5,10H,4,7-8H2,1-2H3;1H,2H3;2*1H;/q2*-1;;;;+2/p-2. The number of benzene rings is 2. The Labute approximate surface area is 203 Å². The normalized spacial score (nSPS) is 12.0. The maximum Gasteiger partial charge on any atom is 0.0448 e. The molecule has 0 bridgehead atoms. The van der Waals surface area contributed by atoms with E-state index in [1.165, 1.54) is 51.0 Å². The minimum atomic E-state index is -1.30. The summed E-state index contributed by atoms with van der Waals surface area (Å²) in [5.41, 5.74) is 0. The van der Waals surface area contributed by atoms with Gasteiger partial charge in [0.25, 0.3) is 0 Å². The van der Waals surface area contributed by atoms with Gasteiger partial charge in [0, 0.05) is 14.7 Å². The maximum absolute atomic E-state index is 8.83. The first-order valence-corrected chi connectivity index (χ1v) is 14.0. The molecule has 4 rings (SSSR count). The Balaban J connectivity index is 0.000000455. The summed E-state index contributed by atoms with van der Waals surface area (Å²) in [6.07, 6.45) is 8.62. The molecule has 5 heteroatoms. The van der Waals surface area contributed by atoms with Crippen molar-refractivity contribution in [1.82, 2.24) is 0 Å². The Kier molecular flexibility index (Phi) is 14.0. The molecule has 0 atom stereocenters. The van der Waals surface area contributed by atoms with E-state index in [1.54, 1.807) is 0 Å². The summed E-state index contributed by atoms with van der Waals surface area (Å²) in [6, 6.07) is 20.2. The Morgan fingerprint density at radius 1 is 1.03 bits per heavy atom. The first kappa shape index (κ1) is 28.3. The Bertz CT molecular complexity index is 894. The van der Waals surface area contributed by atoms with Crippen LogP contribution in [0.15, 0.2) is 71.9 Å². The van der Waals surface area contributed by atoms with E-state index in [-0.39, 0.29) is 24.8 Å². The van der Waals surface area contributed by atoms with Crippen molar-refractivity contribution in [3.05, 3.63) is 78.0 Å². The topological polar surface area (TPSA) is 20.2 Å². The van der Waals surface area contributed by atoms with Crippen LogP contribution in [0.1, 0.15) is 13.3 Å². The smallest absolute Gasteiger partial charge is 0.0448 e.